The number of allylic oxidation sites excluding steroid dienone is 3. The highest BCUT2D eigenvalue weighted by atomic mass is 35.5. The fourth-order valence-electron chi connectivity index (χ4n) is 4.97. The van der Waals surface area contributed by atoms with Gasteiger partial charge in [-0.15, -0.1) is 0 Å². The van der Waals surface area contributed by atoms with Crippen molar-refractivity contribution in [2.45, 2.75) is 27.3 Å². The highest BCUT2D eigenvalue weighted by Gasteiger charge is 2.46. The number of nitrogens with zero attached hydrogens (tertiary/aromatic N) is 7. The Labute approximate surface area is 212 Å². The number of hydrogen-bond acceptors (Lipinski definition) is 8. The number of piperazine rings is 1. The van der Waals surface area contributed by atoms with Gasteiger partial charge in [0.15, 0.2) is 6.67 Å². The Morgan fingerprint density at radius 3 is 2.44 bits per heavy atom. The van der Waals surface area contributed by atoms with Gasteiger partial charge in [-0.1, -0.05) is 5.10 Å². The lowest BCUT2D eigenvalue weighted by molar-refractivity contribution is -0.935. The average Bonchev–Trinajstić information content (AvgIpc) is 3.18. The van der Waals surface area contributed by atoms with E-state index in [-0.39, 0.29) is 28.9 Å². The third kappa shape index (κ3) is 3.91. The molecule has 13 heteroatoms. The zero-order chi connectivity index (χ0) is 25.1. The number of amidine groups is 1. The molecule has 36 heavy (non-hydrogen) atoms. The van der Waals surface area contributed by atoms with Gasteiger partial charge in [-0.25, -0.2) is 14.6 Å². The molecule has 1 fully saturated rings. The van der Waals surface area contributed by atoms with Crippen LogP contribution in [-0.2, 0) is 11.3 Å². The lowest BCUT2D eigenvalue weighted by Crippen LogP contribution is -3.00. The number of anilines is 1. The number of carbonyl (C=O) groups is 2. The summed E-state index contributed by atoms with van der Waals surface area (Å²) in [6.07, 6.45) is 4.60. The second-order valence-electron chi connectivity index (χ2n) is 9.04. The first-order valence-corrected chi connectivity index (χ1v) is 11.4. The highest BCUT2D eigenvalue weighted by molar-refractivity contribution is 6.20. The van der Waals surface area contributed by atoms with Gasteiger partial charge in [0.25, 0.3) is 0 Å². The van der Waals surface area contributed by atoms with Crippen molar-refractivity contribution in [2.24, 2.45) is 5.10 Å². The molecule has 0 radical (unpaired) electrons. The molecule has 190 valence electrons. The molecule has 3 aliphatic rings. The highest BCUT2D eigenvalue weighted by Crippen LogP contribution is 2.32. The van der Waals surface area contributed by atoms with Gasteiger partial charge < -0.3 is 32.1 Å². The molecule has 1 saturated heterocycles. The molecule has 2 aromatic heterocycles. The van der Waals surface area contributed by atoms with E-state index in [2.05, 4.69) is 9.97 Å². The van der Waals surface area contributed by atoms with Crippen molar-refractivity contribution in [1.29, 1.82) is 0 Å². The van der Waals surface area contributed by atoms with Gasteiger partial charge >= 0.3 is 11.9 Å². The van der Waals surface area contributed by atoms with Crippen molar-refractivity contribution in [3.05, 3.63) is 51.1 Å². The number of carboxylic acid groups (broad SMARTS) is 2. The minimum absolute atomic E-state index is 0. The molecule has 1 spiro atoms. The second kappa shape index (κ2) is 9.03. The topological polar surface area (TPSA) is 141 Å². The first-order valence-electron chi connectivity index (χ1n) is 11.4. The minimum atomic E-state index is -1.28. The summed E-state index contributed by atoms with van der Waals surface area (Å²) in [5, 5.41) is 24.1. The fraction of sp³-hybridized carbons (Fsp3) is 0.391. The predicted molar refractivity (Wildman–Crippen MR) is 127 cm³/mol. The molecule has 0 unspecified atom stereocenters. The number of aliphatic carboxylic acids is 1. The summed E-state index contributed by atoms with van der Waals surface area (Å²) < 4.78 is 2.04. The summed E-state index contributed by atoms with van der Waals surface area (Å²) >= 11 is 0. The monoisotopic (exact) mass is 515 g/mol. The number of rotatable bonds is 4. The third-order valence-corrected chi connectivity index (χ3v) is 6.88. The SMILES string of the molecule is CCn1cc(C(=O)O)c(=O)c2cnc(N3CC[N+]4(CC3)CN3C(C)=CC(C)=C(C(=O)O)C3=N4)nc21.[Cl-]. The third-order valence-electron chi connectivity index (χ3n) is 6.88. The van der Waals surface area contributed by atoms with Gasteiger partial charge in [-0.05, 0) is 32.4 Å². The Morgan fingerprint density at radius 1 is 1.14 bits per heavy atom. The molecule has 2 aromatic rings. The lowest BCUT2D eigenvalue weighted by Gasteiger charge is -2.38. The van der Waals surface area contributed by atoms with Gasteiger partial charge in [-0.2, -0.15) is 9.58 Å². The molecule has 0 aliphatic carbocycles. The zero-order valence-corrected chi connectivity index (χ0v) is 20.9. The van der Waals surface area contributed by atoms with Crippen LogP contribution in [0.4, 0.5) is 5.95 Å². The maximum Gasteiger partial charge on any atom is 0.341 e. The van der Waals surface area contributed by atoms with Crippen molar-refractivity contribution >= 4 is 34.8 Å². The number of aromatic nitrogens is 3. The molecule has 2 N–H and O–H groups in total. The quantitative estimate of drug-likeness (QED) is 0.445. The van der Waals surface area contributed by atoms with Gasteiger partial charge in [0, 0.05) is 24.6 Å². The van der Waals surface area contributed by atoms with E-state index in [4.69, 9.17) is 5.10 Å². The predicted octanol–water partition coefficient (Wildman–Crippen LogP) is -1.94. The van der Waals surface area contributed by atoms with Gasteiger partial charge in [0.05, 0.1) is 18.5 Å². The molecule has 3 aliphatic heterocycles. The van der Waals surface area contributed by atoms with Gasteiger partial charge in [0.1, 0.15) is 29.9 Å². The summed E-state index contributed by atoms with van der Waals surface area (Å²) in [6, 6.07) is 0. The molecule has 5 heterocycles. The van der Waals surface area contributed by atoms with Crippen LogP contribution in [0.1, 0.15) is 31.1 Å². The molecular weight excluding hydrogens is 490 g/mol. The van der Waals surface area contributed by atoms with Crippen LogP contribution in [-0.4, -0.2) is 84.9 Å². The van der Waals surface area contributed by atoms with E-state index >= 15 is 0 Å². The number of carboxylic acids is 2. The number of quaternary nitrogens is 1. The van der Waals surface area contributed by atoms with Crippen molar-refractivity contribution in [3.63, 3.8) is 0 Å². The molecule has 5 rings (SSSR count). The van der Waals surface area contributed by atoms with Crippen LogP contribution in [0.15, 0.2) is 45.2 Å². The summed E-state index contributed by atoms with van der Waals surface area (Å²) in [4.78, 5) is 48.9. The molecule has 0 aromatic carbocycles. The maximum absolute atomic E-state index is 12.6. The number of aryl methyl sites for hydroxylation is 1. The Balaban J connectivity index is 0.00000304. The van der Waals surface area contributed by atoms with Crippen LogP contribution in [0.2, 0.25) is 0 Å². The van der Waals surface area contributed by atoms with E-state index in [0.29, 0.717) is 67.0 Å². The van der Waals surface area contributed by atoms with E-state index in [0.717, 1.165) is 5.70 Å². The smallest absolute Gasteiger partial charge is 0.341 e. The Morgan fingerprint density at radius 2 is 1.83 bits per heavy atom. The van der Waals surface area contributed by atoms with Gasteiger partial charge in [-0.3, -0.25) is 9.69 Å². The minimum Gasteiger partial charge on any atom is -1.00 e. The molecule has 0 atom stereocenters. The van der Waals surface area contributed by atoms with Crippen LogP contribution in [0.5, 0.6) is 0 Å². The van der Waals surface area contributed by atoms with E-state index in [1.807, 2.05) is 29.7 Å². The summed E-state index contributed by atoms with van der Waals surface area (Å²) in [5.41, 5.74) is 1.40. The molecule has 0 amide bonds. The largest absolute Gasteiger partial charge is 1.00 e. The average molecular weight is 516 g/mol. The van der Waals surface area contributed by atoms with Crippen molar-refractivity contribution in [3.8, 4) is 0 Å². The van der Waals surface area contributed by atoms with Crippen LogP contribution < -0.4 is 22.7 Å². The standard InChI is InChI=1S/C23H25N7O5.ClH/c1-4-27-11-16(21(32)33)18(31)15-10-24-23(25-19(15)27)28-5-7-30(8-6-28)12-29-14(3)9-13(2)17(22(34)35)20(29)26-30;/h9-11H,4-8,12H2,1-3H3,(H-,32,33,34,35);1H. The van der Waals surface area contributed by atoms with Gasteiger partial charge in [0.2, 0.25) is 17.2 Å². The fourth-order valence-corrected chi connectivity index (χ4v) is 4.97. The van der Waals surface area contributed by atoms with Crippen LogP contribution in [0, 0.1) is 0 Å². The number of aromatic carboxylic acids is 1. The number of hydrogen-bond donors (Lipinski definition) is 2. The molecule has 0 bridgehead atoms. The lowest BCUT2D eigenvalue weighted by atomic mass is 10.0. The van der Waals surface area contributed by atoms with E-state index in [1.54, 1.807) is 11.5 Å². The van der Waals surface area contributed by atoms with E-state index < -0.39 is 17.4 Å². The summed E-state index contributed by atoms with van der Waals surface area (Å²) in [7, 11) is 0. The van der Waals surface area contributed by atoms with Crippen molar-refractivity contribution in [2.75, 3.05) is 37.7 Å². The zero-order valence-electron chi connectivity index (χ0n) is 20.1. The first kappa shape index (κ1) is 25.3. The van der Waals surface area contributed by atoms with E-state index in [1.165, 1.54) is 12.4 Å². The Hall–Kier alpha value is -3.77. The van der Waals surface area contributed by atoms with Crippen molar-refractivity contribution < 1.29 is 36.8 Å². The Bertz CT molecular complexity index is 1440. The normalized spacial score (nSPS) is 18.6. The van der Waals surface area contributed by atoms with Crippen LogP contribution >= 0.6 is 0 Å². The number of fused-ring (bicyclic) bond motifs is 2. The van der Waals surface area contributed by atoms with Crippen LogP contribution in [0.25, 0.3) is 11.0 Å². The van der Waals surface area contributed by atoms with Crippen LogP contribution in [0.3, 0.4) is 0 Å². The second-order valence-corrected chi connectivity index (χ2v) is 9.04. The summed E-state index contributed by atoms with van der Waals surface area (Å²) in [6.45, 7) is 9.08. The Kier molecular flexibility index (Phi) is 6.35. The van der Waals surface area contributed by atoms with E-state index in [9.17, 15) is 24.6 Å². The number of halogens is 1. The molecule has 0 saturated carbocycles. The maximum atomic E-state index is 12.6. The molecule has 12 nitrogen and oxygen atoms in total. The molecular formula is C23H26ClN7O5. The number of pyridine rings is 1. The first-order chi connectivity index (χ1) is 16.6. The van der Waals surface area contributed by atoms with Crippen molar-refractivity contribution in [1.82, 2.24) is 19.4 Å². The summed E-state index contributed by atoms with van der Waals surface area (Å²) in [5.74, 6) is -1.29.